The van der Waals surface area contributed by atoms with Crippen molar-refractivity contribution in [3.05, 3.63) is 35.9 Å². The molecule has 3 aliphatic heterocycles. The number of benzene rings is 1. The Morgan fingerprint density at radius 1 is 0.593 bits per heavy atom. The highest BCUT2D eigenvalue weighted by Gasteiger charge is 2.49. The molecule has 4 rings (SSSR count). The molecule has 3 heterocycles. The number of hydrogen-bond donors (Lipinski definition) is 10. The molecule has 3 amide bonds. The lowest BCUT2D eigenvalue weighted by Gasteiger charge is -2.47. The van der Waals surface area contributed by atoms with Gasteiger partial charge in [-0.15, -0.1) is 0 Å². The number of amides is 3. The lowest BCUT2D eigenvalue weighted by atomic mass is 9.85. The van der Waals surface area contributed by atoms with Crippen LogP contribution in [-0.4, -0.2) is 179 Å². The maximum atomic E-state index is 12.6. The molecular formula is C35H55N3O16. The fraction of sp³-hybridized carbons (Fsp3) is 0.743. The van der Waals surface area contributed by atoms with Crippen LogP contribution in [0.15, 0.2) is 30.3 Å². The van der Waals surface area contributed by atoms with Gasteiger partial charge in [-0.05, 0) is 5.56 Å². The van der Waals surface area contributed by atoms with Crippen LogP contribution in [0.2, 0.25) is 0 Å². The summed E-state index contributed by atoms with van der Waals surface area (Å²) in [4.78, 5) is 36.2. The number of aliphatic hydroxyl groups excluding tert-OH is 7. The van der Waals surface area contributed by atoms with Gasteiger partial charge in [0.2, 0.25) is 17.7 Å². The summed E-state index contributed by atoms with van der Waals surface area (Å²) in [7, 11) is 0. The van der Waals surface area contributed by atoms with Crippen molar-refractivity contribution < 1.29 is 78.6 Å². The van der Waals surface area contributed by atoms with E-state index in [0.29, 0.717) is 0 Å². The zero-order valence-corrected chi connectivity index (χ0v) is 30.5. The molecule has 10 N–H and O–H groups in total. The molecule has 3 fully saturated rings. The van der Waals surface area contributed by atoms with Gasteiger partial charge in [0.05, 0.1) is 89.4 Å². The number of aliphatic hydroxyl groups is 7. The Hall–Kier alpha value is -2.89. The maximum absolute atomic E-state index is 12.6. The minimum Gasteiger partial charge on any atom is -0.394 e. The average Bonchev–Trinajstić information content (AvgIpc) is 3.13. The van der Waals surface area contributed by atoms with Crippen molar-refractivity contribution in [2.45, 2.75) is 107 Å². The van der Waals surface area contributed by atoms with Gasteiger partial charge in [0.15, 0.2) is 6.29 Å². The molecule has 0 aromatic heterocycles. The van der Waals surface area contributed by atoms with Gasteiger partial charge in [0.1, 0.15) is 36.6 Å². The molecule has 15 atom stereocenters. The van der Waals surface area contributed by atoms with E-state index in [1.807, 2.05) is 30.3 Å². The predicted octanol–water partition coefficient (Wildman–Crippen LogP) is -4.34. The SMILES string of the molecule is CC(=O)NC1[C@H](COC[C@@H]2C(CO)O[C@@H](COC[C@@H]3C(CO)O[C@@H](O)C(NC(C)=O)[C@H]3O)C(NC(C)=O)[C@H]2OCc2ccccc2)OC(CO)[C@@H](O)[C@@H]1O. The summed E-state index contributed by atoms with van der Waals surface area (Å²) in [6, 6.07) is 6.06. The molecule has 306 valence electrons. The standard InChI is InChI=1S/C35H55N3O16/c1-17(42)36-28-26(53-25(11-41)32(46)33(28)47)15-50-14-22-24(10-40)52-27(29(37-18(2)43)34(22)51-12-20-7-5-4-6-8-20)16-49-13-21-23(9-39)54-35(48)30(31(21)45)38-19(3)44/h4-8,21-35,39-41,45-48H,9-16H2,1-3H3,(H,36,42)(H,37,43)(H,38,44)/t21-,22-,23?,24?,25?,26+,27+,28?,29?,30?,31+,32-,33-,34+,35-/m1/s1. The zero-order chi connectivity index (χ0) is 39.5. The molecule has 19 heteroatoms. The molecular weight excluding hydrogens is 718 g/mol. The smallest absolute Gasteiger partial charge is 0.217 e. The molecule has 0 aliphatic carbocycles. The summed E-state index contributed by atoms with van der Waals surface area (Å²) in [6.07, 6.45) is -11.8. The van der Waals surface area contributed by atoms with Crippen molar-refractivity contribution in [2.75, 3.05) is 46.2 Å². The van der Waals surface area contributed by atoms with E-state index in [1.54, 1.807) is 0 Å². The summed E-state index contributed by atoms with van der Waals surface area (Å²) in [5, 5.41) is 80.5. The summed E-state index contributed by atoms with van der Waals surface area (Å²) in [6.45, 7) is 1.39. The second-order valence-electron chi connectivity index (χ2n) is 13.9. The first-order chi connectivity index (χ1) is 25.8. The molecule has 1 aromatic carbocycles. The van der Waals surface area contributed by atoms with Gasteiger partial charge in [0, 0.05) is 32.6 Å². The molecule has 0 saturated carbocycles. The Morgan fingerprint density at radius 3 is 1.67 bits per heavy atom. The van der Waals surface area contributed by atoms with Gasteiger partial charge >= 0.3 is 0 Å². The van der Waals surface area contributed by atoms with Crippen molar-refractivity contribution in [3.8, 4) is 0 Å². The minimum absolute atomic E-state index is 0.0963. The highest BCUT2D eigenvalue weighted by atomic mass is 16.6. The lowest BCUT2D eigenvalue weighted by molar-refractivity contribution is -0.249. The van der Waals surface area contributed by atoms with Crippen LogP contribution in [0, 0.1) is 11.8 Å². The van der Waals surface area contributed by atoms with Crippen LogP contribution in [0.5, 0.6) is 0 Å². The van der Waals surface area contributed by atoms with Crippen molar-refractivity contribution in [1.82, 2.24) is 16.0 Å². The maximum Gasteiger partial charge on any atom is 0.217 e. The molecule has 19 nitrogen and oxygen atoms in total. The fourth-order valence-electron chi connectivity index (χ4n) is 7.21. The average molecular weight is 774 g/mol. The third-order valence-corrected chi connectivity index (χ3v) is 9.88. The van der Waals surface area contributed by atoms with E-state index in [1.165, 1.54) is 20.8 Å². The van der Waals surface area contributed by atoms with E-state index in [-0.39, 0.29) is 33.0 Å². The number of rotatable bonds is 17. The molecule has 0 spiro atoms. The predicted molar refractivity (Wildman–Crippen MR) is 184 cm³/mol. The van der Waals surface area contributed by atoms with Crippen LogP contribution in [0.4, 0.5) is 0 Å². The third kappa shape index (κ3) is 11.3. The van der Waals surface area contributed by atoms with Crippen molar-refractivity contribution in [1.29, 1.82) is 0 Å². The van der Waals surface area contributed by atoms with Crippen molar-refractivity contribution >= 4 is 17.7 Å². The van der Waals surface area contributed by atoms with E-state index in [2.05, 4.69) is 16.0 Å². The van der Waals surface area contributed by atoms with Crippen molar-refractivity contribution in [3.63, 3.8) is 0 Å². The first kappa shape index (κ1) is 43.8. The summed E-state index contributed by atoms with van der Waals surface area (Å²) in [5.74, 6) is -3.06. The number of ether oxygens (including phenoxy) is 6. The van der Waals surface area contributed by atoms with Crippen LogP contribution in [0.3, 0.4) is 0 Å². The van der Waals surface area contributed by atoms with Crippen LogP contribution >= 0.6 is 0 Å². The minimum atomic E-state index is -1.58. The van der Waals surface area contributed by atoms with Crippen LogP contribution in [0.25, 0.3) is 0 Å². The van der Waals surface area contributed by atoms with Crippen LogP contribution in [-0.2, 0) is 49.4 Å². The van der Waals surface area contributed by atoms with Crippen molar-refractivity contribution in [2.24, 2.45) is 11.8 Å². The van der Waals surface area contributed by atoms with E-state index in [0.717, 1.165) is 5.56 Å². The molecule has 0 bridgehead atoms. The topological polar surface area (TPSA) is 284 Å². The van der Waals surface area contributed by atoms with Gasteiger partial charge in [-0.2, -0.15) is 0 Å². The number of carbonyl (C=O) groups excluding carboxylic acids is 3. The Kier molecular flexibility index (Phi) is 16.9. The highest BCUT2D eigenvalue weighted by Crippen LogP contribution is 2.32. The molecule has 3 aliphatic rings. The normalized spacial score (nSPS) is 37.0. The Balaban J connectivity index is 1.54. The van der Waals surface area contributed by atoms with E-state index in [4.69, 9.17) is 28.4 Å². The van der Waals surface area contributed by atoms with Gasteiger partial charge in [0.25, 0.3) is 0 Å². The lowest BCUT2D eigenvalue weighted by Crippen LogP contribution is -2.65. The van der Waals surface area contributed by atoms with Crippen LogP contribution < -0.4 is 16.0 Å². The van der Waals surface area contributed by atoms with Gasteiger partial charge in [-0.25, -0.2) is 0 Å². The quantitative estimate of drug-likeness (QED) is 0.0716. The second-order valence-corrected chi connectivity index (χ2v) is 13.9. The molecule has 0 radical (unpaired) electrons. The van der Waals surface area contributed by atoms with E-state index in [9.17, 15) is 50.1 Å². The monoisotopic (exact) mass is 773 g/mol. The molecule has 1 aromatic rings. The summed E-state index contributed by atoms with van der Waals surface area (Å²) >= 11 is 0. The summed E-state index contributed by atoms with van der Waals surface area (Å²) < 4.78 is 36.0. The Bertz CT molecular complexity index is 1330. The third-order valence-electron chi connectivity index (χ3n) is 9.88. The molecule has 54 heavy (non-hydrogen) atoms. The first-order valence-electron chi connectivity index (χ1n) is 17.9. The zero-order valence-electron chi connectivity index (χ0n) is 30.5. The summed E-state index contributed by atoms with van der Waals surface area (Å²) in [5.41, 5.74) is 0.812. The number of nitrogens with one attached hydrogen (secondary N) is 3. The number of carbonyl (C=O) groups is 3. The highest BCUT2D eigenvalue weighted by molar-refractivity contribution is 5.74. The Morgan fingerprint density at radius 2 is 1.09 bits per heavy atom. The largest absolute Gasteiger partial charge is 0.394 e. The number of hydrogen-bond acceptors (Lipinski definition) is 16. The first-order valence-corrected chi connectivity index (χ1v) is 17.9. The van der Waals surface area contributed by atoms with Gasteiger partial charge in [-0.1, -0.05) is 30.3 Å². The Labute approximate surface area is 312 Å². The fourth-order valence-corrected chi connectivity index (χ4v) is 7.21. The van der Waals surface area contributed by atoms with Gasteiger partial charge < -0.3 is 80.1 Å². The second kappa shape index (κ2) is 20.9. The van der Waals surface area contributed by atoms with E-state index < -0.39 is 129 Å². The molecule has 3 saturated heterocycles. The van der Waals surface area contributed by atoms with E-state index >= 15 is 0 Å². The van der Waals surface area contributed by atoms with Crippen LogP contribution in [0.1, 0.15) is 26.3 Å². The van der Waals surface area contributed by atoms with Gasteiger partial charge in [-0.3, -0.25) is 14.4 Å². The molecule has 6 unspecified atom stereocenters.